The van der Waals surface area contributed by atoms with E-state index in [0.717, 1.165) is 16.6 Å². The number of benzene rings is 1. The first-order chi connectivity index (χ1) is 7.70. The van der Waals surface area contributed by atoms with E-state index in [1.807, 2.05) is 0 Å². The van der Waals surface area contributed by atoms with Crippen LogP contribution in [0.15, 0.2) is 23.1 Å². The second-order valence-corrected chi connectivity index (χ2v) is 4.91. The minimum Gasteiger partial charge on any atom is -0.495 e. The van der Waals surface area contributed by atoms with Crippen LogP contribution >= 0.6 is 11.8 Å². The van der Waals surface area contributed by atoms with Crippen LogP contribution in [0.25, 0.3) is 0 Å². The standard InChI is InChI=1S/C11H13NO3S/c1-15-10-6-9(12(13)14)4-5-11(10)16-7-8-2-3-8/h4-6,8H,2-3,7H2,1H3. The maximum Gasteiger partial charge on any atom is 0.273 e. The Bertz CT molecular complexity index is 404. The van der Waals surface area contributed by atoms with E-state index in [4.69, 9.17) is 4.74 Å². The molecule has 0 spiro atoms. The fraction of sp³-hybridized carbons (Fsp3) is 0.455. The summed E-state index contributed by atoms with van der Waals surface area (Å²) in [5.41, 5.74) is 0.0765. The monoisotopic (exact) mass is 239 g/mol. The molecule has 0 radical (unpaired) electrons. The summed E-state index contributed by atoms with van der Waals surface area (Å²) in [7, 11) is 1.54. The SMILES string of the molecule is COc1cc([N+](=O)[O-])ccc1SCC1CC1. The van der Waals surface area contributed by atoms with Crippen LogP contribution in [0.1, 0.15) is 12.8 Å². The minimum absolute atomic E-state index is 0.0765. The van der Waals surface area contributed by atoms with Crippen LogP contribution in [0.4, 0.5) is 5.69 Å². The molecule has 16 heavy (non-hydrogen) atoms. The van der Waals surface area contributed by atoms with Gasteiger partial charge >= 0.3 is 0 Å². The lowest BCUT2D eigenvalue weighted by Gasteiger charge is -2.07. The highest BCUT2D eigenvalue weighted by atomic mass is 32.2. The summed E-state index contributed by atoms with van der Waals surface area (Å²) in [6, 6.07) is 4.77. The van der Waals surface area contributed by atoms with Gasteiger partial charge in [-0.15, -0.1) is 11.8 Å². The number of methoxy groups -OCH3 is 1. The van der Waals surface area contributed by atoms with Crippen LogP contribution < -0.4 is 4.74 Å². The predicted molar refractivity (Wildman–Crippen MR) is 63.1 cm³/mol. The van der Waals surface area contributed by atoms with Crippen molar-refractivity contribution >= 4 is 17.4 Å². The number of nitro groups is 1. The molecule has 1 aliphatic carbocycles. The van der Waals surface area contributed by atoms with Crippen molar-refractivity contribution < 1.29 is 9.66 Å². The molecule has 1 fully saturated rings. The van der Waals surface area contributed by atoms with Crippen LogP contribution in [0.3, 0.4) is 0 Å². The molecule has 0 aromatic heterocycles. The van der Waals surface area contributed by atoms with Gasteiger partial charge in [0.1, 0.15) is 5.75 Å². The number of nitro benzene ring substituents is 1. The van der Waals surface area contributed by atoms with Crippen molar-refractivity contribution in [2.45, 2.75) is 17.7 Å². The first-order valence-electron chi connectivity index (χ1n) is 5.16. The highest BCUT2D eigenvalue weighted by molar-refractivity contribution is 7.99. The van der Waals surface area contributed by atoms with Gasteiger partial charge in [0.05, 0.1) is 18.1 Å². The van der Waals surface area contributed by atoms with Crippen molar-refractivity contribution in [1.82, 2.24) is 0 Å². The zero-order chi connectivity index (χ0) is 11.5. The summed E-state index contributed by atoms with van der Waals surface area (Å²) >= 11 is 1.72. The molecule has 1 aliphatic rings. The maximum absolute atomic E-state index is 10.6. The molecule has 0 aliphatic heterocycles. The number of thioether (sulfide) groups is 1. The Kier molecular flexibility index (Phi) is 3.33. The van der Waals surface area contributed by atoms with Crippen molar-refractivity contribution in [2.24, 2.45) is 5.92 Å². The molecule has 1 saturated carbocycles. The Morgan fingerprint density at radius 1 is 1.56 bits per heavy atom. The van der Waals surface area contributed by atoms with Crippen molar-refractivity contribution in [3.05, 3.63) is 28.3 Å². The van der Waals surface area contributed by atoms with Crippen molar-refractivity contribution in [2.75, 3.05) is 12.9 Å². The zero-order valence-corrected chi connectivity index (χ0v) is 9.83. The van der Waals surface area contributed by atoms with Gasteiger partial charge in [-0.2, -0.15) is 0 Å². The van der Waals surface area contributed by atoms with Gasteiger partial charge in [-0.3, -0.25) is 10.1 Å². The first kappa shape index (κ1) is 11.3. The lowest BCUT2D eigenvalue weighted by Crippen LogP contribution is -1.92. The average molecular weight is 239 g/mol. The molecule has 0 heterocycles. The van der Waals surface area contributed by atoms with Crippen molar-refractivity contribution in [3.63, 3.8) is 0 Å². The molecular formula is C11H13NO3S. The van der Waals surface area contributed by atoms with Crippen LogP contribution in [0.5, 0.6) is 5.75 Å². The smallest absolute Gasteiger partial charge is 0.273 e. The molecule has 86 valence electrons. The van der Waals surface area contributed by atoms with E-state index in [9.17, 15) is 10.1 Å². The number of non-ortho nitro benzene ring substituents is 1. The third kappa shape index (κ3) is 2.66. The van der Waals surface area contributed by atoms with Crippen molar-refractivity contribution in [3.8, 4) is 5.75 Å². The molecule has 1 aromatic carbocycles. The van der Waals surface area contributed by atoms with Crippen LogP contribution in [0, 0.1) is 16.0 Å². The fourth-order valence-corrected chi connectivity index (χ4v) is 2.58. The normalized spacial score (nSPS) is 14.8. The van der Waals surface area contributed by atoms with Crippen LogP contribution in [0.2, 0.25) is 0 Å². The second kappa shape index (κ2) is 4.74. The fourth-order valence-electron chi connectivity index (χ4n) is 1.38. The summed E-state index contributed by atoms with van der Waals surface area (Å²) < 4.78 is 5.16. The molecule has 0 bridgehead atoms. The topological polar surface area (TPSA) is 52.4 Å². The Morgan fingerprint density at radius 2 is 2.31 bits per heavy atom. The number of rotatable bonds is 5. The third-order valence-electron chi connectivity index (χ3n) is 2.53. The van der Waals surface area contributed by atoms with Gasteiger partial charge in [0.2, 0.25) is 0 Å². The average Bonchev–Trinajstić information content (AvgIpc) is 3.09. The molecule has 4 nitrogen and oxygen atoms in total. The van der Waals surface area contributed by atoms with Gasteiger partial charge in [0.15, 0.2) is 0 Å². The lowest BCUT2D eigenvalue weighted by atomic mass is 10.3. The number of hydrogen-bond donors (Lipinski definition) is 0. The lowest BCUT2D eigenvalue weighted by molar-refractivity contribution is -0.385. The van der Waals surface area contributed by atoms with Gasteiger partial charge in [-0.05, 0) is 24.8 Å². The second-order valence-electron chi connectivity index (χ2n) is 3.85. The zero-order valence-electron chi connectivity index (χ0n) is 9.01. The van der Waals surface area contributed by atoms with Gasteiger partial charge in [0.25, 0.3) is 5.69 Å². The molecule has 0 saturated heterocycles. The Balaban J connectivity index is 2.12. The molecule has 0 unspecified atom stereocenters. The van der Waals surface area contributed by atoms with E-state index in [0.29, 0.717) is 5.75 Å². The molecule has 5 heteroatoms. The largest absolute Gasteiger partial charge is 0.495 e. The quantitative estimate of drug-likeness (QED) is 0.450. The molecule has 0 amide bonds. The summed E-state index contributed by atoms with van der Waals surface area (Å²) in [5, 5.41) is 10.6. The molecular weight excluding hydrogens is 226 g/mol. The third-order valence-corrected chi connectivity index (χ3v) is 3.82. The number of hydrogen-bond acceptors (Lipinski definition) is 4. The van der Waals surface area contributed by atoms with E-state index in [1.54, 1.807) is 24.9 Å². The van der Waals surface area contributed by atoms with Gasteiger partial charge < -0.3 is 4.74 Å². The van der Waals surface area contributed by atoms with E-state index >= 15 is 0 Å². The highest BCUT2D eigenvalue weighted by Crippen LogP contribution is 2.39. The van der Waals surface area contributed by atoms with Gasteiger partial charge in [0, 0.05) is 16.7 Å². The summed E-state index contributed by atoms with van der Waals surface area (Å²) in [6.07, 6.45) is 2.62. The molecule has 2 rings (SSSR count). The molecule has 0 atom stereocenters. The summed E-state index contributed by atoms with van der Waals surface area (Å²) in [6.45, 7) is 0. The number of ether oxygens (including phenoxy) is 1. The molecule has 0 N–H and O–H groups in total. The van der Waals surface area contributed by atoms with E-state index < -0.39 is 4.92 Å². The summed E-state index contributed by atoms with van der Waals surface area (Å²) in [5.74, 6) is 2.50. The Labute approximate surface area is 98.1 Å². The van der Waals surface area contributed by atoms with E-state index in [2.05, 4.69) is 0 Å². The van der Waals surface area contributed by atoms with E-state index in [-0.39, 0.29) is 5.69 Å². The summed E-state index contributed by atoms with van der Waals surface area (Å²) in [4.78, 5) is 11.2. The Hall–Kier alpha value is -1.23. The highest BCUT2D eigenvalue weighted by Gasteiger charge is 2.22. The Morgan fingerprint density at radius 3 is 2.88 bits per heavy atom. The van der Waals surface area contributed by atoms with Gasteiger partial charge in [-0.1, -0.05) is 0 Å². The van der Waals surface area contributed by atoms with Gasteiger partial charge in [-0.25, -0.2) is 0 Å². The van der Waals surface area contributed by atoms with Crippen LogP contribution in [-0.4, -0.2) is 17.8 Å². The predicted octanol–water partition coefficient (Wildman–Crippen LogP) is 3.11. The molecule has 1 aromatic rings. The van der Waals surface area contributed by atoms with Crippen molar-refractivity contribution in [1.29, 1.82) is 0 Å². The maximum atomic E-state index is 10.6. The minimum atomic E-state index is -0.405. The van der Waals surface area contributed by atoms with Crippen LogP contribution in [-0.2, 0) is 0 Å². The number of nitrogens with zero attached hydrogens (tertiary/aromatic N) is 1. The van der Waals surface area contributed by atoms with E-state index in [1.165, 1.54) is 25.0 Å². The first-order valence-corrected chi connectivity index (χ1v) is 6.14.